The molecule has 144 valence electrons. The molecule has 1 amide bonds. The van der Waals surface area contributed by atoms with Gasteiger partial charge in [0.2, 0.25) is 0 Å². The molecule has 5 heteroatoms. The van der Waals surface area contributed by atoms with Gasteiger partial charge in [-0.2, -0.15) is 0 Å². The number of carbonyl (C=O) groups is 2. The van der Waals surface area contributed by atoms with Crippen molar-refractivity contribution < 1.29 is 18.7 Å². The third-order valence-electron chi connectivity index (χ3n) is 5.57. The van der Waals surface area contributed by atoms with Gasteiger partial charge in [-0.15, -0.1) is 0 Å². The minimum Gasteiger partial charge on any atom is -0.486 e. The first-order valence-corrected chi connectivity index (χ1v) is 9.48. The van der Waals surface area contributed by atoms with Crippen LogP contribution >= 0.6 is 0 Å². The molecule has 1 aromatic heterocycles. The third-order valence-corrected chi connectivity index (χ3v) is 5.57. The van der Waals surface area contributed by atoms with Gasteiger partial charge in [-0.05, 0) is 51.0 Å². The van der Waals surface area contributed by atoms with Gasteiger partial charge in [0.05, 0.1) is 12.0 Å². The summed E-state index contributed by atoms with van der Waals surface area (Å²) in [7, 11) is 0. The highest BCUT2D eigenvalue weighted by Gasteiger charge is 2.37. The smallest absolute Gasteiger partial charge is 0.291 e. The summed E-state index contributed by atoms with van der Waals surface area (Å²) in [5.74, 6) is 0.455. The highest BCUT2D eigenvalue weighted by molar-refractivity contribution is 6.14. The molecule has 4 rings (SSSR count). The lowest BCUT2D eigenvalue weighted by atomic mass is 9.87. The number of Topliss-reactive ketones (excluding diaryl/α,β-unsaturated/α-hetero) is 1. The minimum atomic E-state index is -0.500. The fraction of sp³-hybridized carbons (Fsp3) is 0.304. The van der Waals surface area contributed by atoms with Gasteiger partial charge in [0.15, 0.2) is 11.5 Å². The van der Waals surface area contributed by atoms with Crippen molar-refractivity contribution in [2.24, 2.45) is 0 Å². The van der Waals surface area contributed by atoms with E-state index in [1.54, 1.807) is 19.1 Å². The molecule has 0 spiro atoms. The molecule has 5 nitrogen and oxygen atoms in total. The Labute approximate surface area is 163 Å². The van der Waals surface area contributed by atoms with Gasteiger partial charge < -0.3 is 14.5 Å². The average molecular weight is 377 g/mol. The number of nitrogens with one attached hydrogen (secondary N) is 1. The van der Waals surface area contributed by atoms with E-state index in [4.69, 9.17) is 9.15 Å². The molecule has 1 atom stereocenters. The molecule has 1 aliphatic rings. The number of para-hydroxylation sites is 1. The molecule has 28 heavy (non-hydrogen) atoms. The van der Waals surface area contributed by atoms with E-state index in [1.807, 2.05) is 45.0 Å². The molecule has 2 aromatic carbocycles. The van der Waals surface area contributed by atoms with Crippen molar-refractivity contribution in [3.63, 3.8) is 0 Å². The van der Waals surface area contributed by atoms with Crippen molar-refractivity contribution in [1.82, 2.24) is 0 Å². The molecule has 1 N–H and O–H groups in total. The van der Waals surface area contributed by atoms with Crippen LogP contribution in [0.25, 0.3) is 11.0 Å². The van der Waals surface area contributed by atoms with E-state index < -0.39 is 5.60 Å². The number of ketones is 1. The van der Waals surface area contributed by atoms with E-state index in [1.165, 1.54) is 0 Å². The largest absolute Gasteiger partial charge is 0.486 e. The van der Waals surface area contributed by atoms with Gasteiger partial charge in [0.1, 0.15) is 16.9 Å². The molecule has 0 radical (unpaired) electrons. The summed E-state index contributed by atoms with van der Waals surface area (Å²) in [6, 6.07) is 11.1. The standard InChI is InChI=1S/C23H23NO4/c1-5-23(4)12-16(25)20-18(28-23)11-10-17-19(20)14(3)21(27-17)22(26)24-15-9-7-6-8-13(15)2/h6-11H,5,12H2,1-4H3,(H,24,26)/t23-/m1/s1. The summed E-state index contributed by atoms with van der Waals surface area (Å²) < 4.78 is 12.0. The summed E-state index contributed by atoms with van der Waals surface area (Å²) in [5.41, 5.74) is 2.87. The Balaban J connectivity index is 1.78. The van der Waals surface area contributed by atoms with E-state index in [2.05, 4.69) is 5.32 Å². The highest BCUT2D eigenvalue weighted by atomic mass is 16.5. The van der Waals surface area contributed by atoms with Gasteiger partial charge in [0.25, 0.3) is 5.91 Å². The lowest BCUT2D eigenvalue weighted by Gasteiger charge is -2.34. The molecular formula is C23H23NO4. The average Bonchev–Trinajstić information content (AvgIpc) is 3.00. The summed E-state index contributed by atoms with van der Waals surface area (Å²) in [6.45, 7) is 7.69. The number of fused-ring (bicyclic) bond motifs is 3. The quantitative estimate of drug-likeness (QED) is 0.660. The van der Waals surface area contributed by atoms with E-state index in [-0.39, 0.29) is 17.5 Å². The SMILES string of the molecule is CC[C@]1(C)CC(=O)c2c(ccc3oc(C(=O)Nc4ccccc4C)c(C)c23)O1. The molecule has 2 heterocycles. The van der Waals surface area contributed by atoms with Crippen LogP contribution in [-0.2, 0) is 0 Å². The van der Waals surface area contributed by atoms with Gasteiger partial charge in [-0.25, -0.2) is 0 Å². The lowest BCUT2D eigenvalue weighted by molar-refractivity contribution is 0.0503. The minimum absolute atomic E-state index is 0.0194. The van der Waals surface area contributed by atoms with Crippen molar-refractivity contribution in [2.45, 2.75) is 46.1 Å². The molecule has 0 aliphatic carbocycles. The predicted octanol–water partition coefficient (Wildman–Crippen LogP) is 5.44. The zero-order valence-electron chi connectivity index (χ0n) is 16.5. The first kappa shape index (κ1) is 18.3. The van der Waals surface area contributed by atoms with E-state index >= 15 is 0 Å². The summed E-state index contributed by atoms with van der Waals surface area (Å²) in [6.07, 6.45) is 1.05. The van der Waals surface area contributed by atoms with Crippen LogP contribution in [0.1, 0.15) is 58.7 Å². The monoisotopic (exact) mass is 377 g/mol. The van der Waals surface area contributed by atoms with E-state index in [0.29, 0.717) is 34.3 Å². The molecule has 1 aliphatic heterocycles. The second kappa shape index (κ2) is 6.51. The number of rotatable bonds is 3. The third kappa shape index (κ3) is 2.87. The van der Waals surface area contributed by atoms with Crippen LogP contribution in [0.2, 0.25) is 0 Å². The molecule has 0 saturated heterocycles. The molecule has 0 unspecified atom stereocenters. The van der Waals surface area contributed by atoms with Crippen LogP contribution in [0.3, 0.4) is 0 Å². The highest BCUT2D eigenvalue weighted by Crippen LogP contribution is 2.41. The Morgan fingerprint density at radius 2 is 1.93 bits per heavy atom. The zero-order valence-corrected chi connectivity index (χ0v) is 16.5. The van der Waals surface area contributed by atoms with Crippen LogP contribution in [0.4, 0.5) is 5.69 Å². The maximum absolute atomic E-state index is 12.9. The Bertz CT molecular complexity index is 1110. The van der Waals surface area contributed by atoms with Crippen LogP contribution in [-0.4, -0.2) is 17.3 Å². The van der Waals surface area contributed by atoms with Crippen molar-refractivity contribution in [1.29, 1.82) is 0 Å². The summed E-state index contributed by atoms with van der Waals surface area (Å²) >= 11 is 0. The number of hydrogen-bond acceptors (Lipinski definition) is 4. The van der Waals surface area contributed by atoms with Crippen LogP contribution in [0.15, 0.2) is 40.8 Å². The number of aryl methyl sites for hydroxylation is 2. The zero-order chi connectivity index (χ0) is 20.1. The fourth-order valence-electron chi connectivity index (χ4n) is 3.72. The maximum atomic E-state index is 12.9. The maximum Gasteiger partial charge on any atom is 0.291 e. The van der Waals surface area contributed by atoms with Gasteiger partial charge in [0, 0.05) is 16.6 Å². The number of carbonyl (C=O) groups excluding carboxylic acids is 2. The normalized spacial score (nSPS) is 18.6. The number of amides is 1. The van der Waals surface area contributed by atoms with Gasteiger partial charge >= 0.3 is 0 Å². The topological polar surface area (TPSA) is 68.5 Å². The Morgan fingerprint density at radius 1 is 1.18 bits per heavy atom. The second-order valence-corrected chi connectivity index (χ2v) is 7.64. The Kier molecular flexibility index (Phi) is 4.26. The number of hydrogen-bond donors (Lipinski definition) is 1. The first-order chi connectivity index (χ1) is 13.3. The van der Waals surface area contributed by atoms with Crippen LogP contribution in [0, 0.1) is 13.8 Å². The number of furan rings is 1. The van der Waals surface area contributed by atoms with E-state index in [0.717, 1.165) is 17.7 Å². The molecular weight excluding hydrogens is 354 g/mol. The summed E-state index contributed by atoms with van der Waals surface area (Å²) in [4.78, 5) is 25.8. The van der Waals surface area contributed by atoms with Gasteiger partial charge in [-0.1, -0.05) is 25.1 Å². The van der Waals surface area contributed by atoms with Crippen molar-refractivity contribution in [3.05, 3.63) is 58.8 Å². The number of ether oxygens (including phenoxy) is 1. The van der Waals surface area contributed by atoms with Crippen molar-refractivity contribution in [2.75, 3.05) is 5.32 Å². The molecule has 3 aromatic rings. The van der Waals surface area contributed by atoms with Crippen LogP contribution < -0.4 is 10.1 Å². The van der Waals surface area contributed by atoms with Crippen molar-refractivity contribution in [3.8, 4) is 5.75 Å². The number of benzene rings is 2. The Hall–Kier alpha value is -3.08. The van der Waals surface area contributed by atoms with E-state index in [9.17, 15) is 9.59 Å². The number of anilines is 1. The molecule has 0 saturated carbocycles. The first-order valence-electron chi connectivity index (χ1n) is 9.48. The molecule has 0 fully saturated rings. The summed E-state index contributed by atoms with van der Waals surface area (Å²) in [5, 5.41) is 3.56. The predicted molar refractivity (Wildman–Crippen MR) is 108 cm³/mol. The van der Waals surface area contributed by atoms with Gasteiger partial charge in [-0.3, -0.25) is 9.59 Å². The Morgan fingerprint density at radius 3 is 2.64 bits per heavy atom. The molecule has 0 bridgehead atoms. The second-order valence-electron chi connectivity index (χ2n) is 7.64. The van der Waals surface area contributed by atoms with Crippen LogP contribution in [0.5, 0.6) is 5.75 Å². The lowest BCUT2D eigenvalue weighted by Crippen LogP contribution is -2.38. The fourth-order valence-corrected chi connectivity index (χ4v) is 3.72. The van der Waals surface area contributed by atoms with Crippen molar-refractivity contribution >= 4 is 28.3 Å².